The number of benzene rings is 2. The van der Waals surface area contributed by atoms with E-state index in [0.717, 1.165) is 5.56 Å². The number of carbonyl (C=O) groups is 1. The van der Waals surface area contributed by atoms with Crippen molar-refractivity contribution in [3.05, 3.63) is 65.9 Å². The normalized spacial score (nSPS) is 11.7. The smallest absolute Gasteiger partial charge is 0.272 e. The third-order valence-corrected chi connectivity index (χ3v) is 4.32. The number of rotatable bonds is 3. The van der Waals surface area contributed by atoms with Crippen LogP contribution in [0.3, 0.4) is 0 Å². The second-order valence-electron chi connectivity index (χ2n) is 7.59. The first-order valence-corrected chi connectivity index (χ1v) is 8.84. The molecule has 28 heavy (non-hydrogen) atoms. The molecule has 7 heteroatoms. The minimum absolute atomic E-state index is 0.224. The molecule has 0 aliphatic carbocycles. The second-order valence-corrected chi connectivity index (χ2v) is 7.59. The third-order valence-electron chi connectivity index (χ3n) is 4.32. The number of nitrogens with one attached hydrogen (secondary N) is 2. The van der Waals surface area contributed by atoms with Gasteiger partial charge in [0, 0.05) is 27.6 Å². The Balaban J connectivity index is 1.51. The molecule has 6 nitrogen and oxygen atoms in total. The van der Waals surface area contributed by atoms with Crippen molar-refractivity contribution in [2.45, 2.75) is 26.2 Å². The molecule has 4 aromatic rings. The van der Waals surface area contributed by atoms with Crippen LogP contribution in [0, 0.1) is 5.82 Å². The van der Waals surface area contributed by atoms with Gasteiger partial charge in [-0.05, 0) is 42.5 Å². The number of aromatic amines is 1. The molecule has 0 saturated carbocycles. The predicted octanol–water partition coefficient (Wildman–Crippen LogP) is 4.91. The van der Waals surface area contributed by atoms with Crippen LogP contribution in [0.5, 0.6) is 0 Å². The highest BCUT2D eigenvalue weighted by Crippen LogP contribution is 2.25. The number of anilines is 1. The van der Waals surface area contributed by atoms with E-state index in [1.165, 1.54) is 12.1 Å². The molecule has 2 aromatic heterocycles. The van der Waals surface area contributed by atoms with Crippen LogP contribution in [-0.2, 0) is 5.41 Å². The molecule has 0 atom stereocenters. The highest BCUT2D eigenvalue weighted by atomic mass is 19.1. The fourth-order valence-electron chi connectivity index (χ4n) is 2.79. The van der Waals surface area contributed by atoms with Gasteiger partial charge in [-0.3, -0.25) is 4.79 Å². The van der Waals surface area contributed by atoms with E-state index in [0.29, 0.717) is 28.3 Å². The second kappa shape index (κ2) is 6.60. The number of fused-ring (bicyclic) bond motifs is 1. The first-order chi connectivity index (χ1) is 13.3. The van der Waals surface area contributed by atoms with Gasteiger partial charge in [0.05, 0.1) is 0 Å². The number of hydrogen-bond donors (Lipinski definition) is 2. The Morgan fingerprint density at radius 1 is 1.14 bits per heavy atom. The lowest BCUT2D eigenvalue weighted by Crippen LogP contribution is -2.12. The molecule has 0 bridgehead atoms. The van der Waals surface area contributed by atoms with Crippen molar-refractivity contribution in [2.75, 3.05) is 5.32 Å². The molecular formula is C21H19FN4O2. The average Bonchev–Trinajstić information content (AvgIpc) is 3.30. The predicted molar refractivity (Wildman–Crippen MR) is 105 cm³/mol. The number of H-pyrrole nitrogens is 1. The molecule has 2 heterocycles. The van der Waals surface area contributed by atoms with Crippen molar-refractivity contribution in [2.24, 2.45) is 0 Å². The fraction of sp³-hybridized carbons (Fsp3) is 0.190. The van der Waals surface area contributed by atoms with Gasteiger partial charge in [0.25, 0.3) is 5.91 Å². The maximum absolute atomic E-state index is 13.8. The van der Waals surface area contributed by atoms with Crippen LogP contribution >= 0.6 is 0 Å². The van der Waals surface area contributed by atoms with Gasteiger partial charge < -0.3 is 14.8 Å². The summed E-state index contributed by atoms with van der Waals surface area (Å²) in [4.78, 5) is 19.8. The average molecular weight is 378 g/mol. The number of aromatic nitrogens is 3. The van der Waals surface area contributed by atoms with Crippen LogP contribution in [0.15, 0.2) is 53.1 Å². The Bertz CT molecular complexity index is 1150. The first kappa shape index (κ1) is 17.9. The largest absolute Gasteiger partial charge is 0.350 e. The quantitative estimate of drug-likeness (QED) is 0.531. The molecule has 0 unspecified atom stereocenters. The summed E-state index contributed by atoms with van der Waals surface area (Å²) in [7, 11) is 0. The zero-order chi connectivity index (χ0) is 19.9. The van der Waals surface area contributed by atoms with Crippen molar-refractivity contribution in [3.63, 3.8) is 0 Å². The summed E-state index contributed by atoms with van der Waals surface area (Å²) in [6.45, 7) is 6.00. The number of nitrogens with zero attached hydrogens (tertiary/aromatic N) is 2. The van der Waals surface area contributed by atoms with Crippen LogP contribution in [0.25, 0.3) is 22.3 Å². The van der Waals surface area contributed by atoms with Crippen LogP contribution in [0.4, 0.5) is 10.1 Å². The summed E-state index contributed by atoms with van der Waals surface area (Å²) < 4.78 is 19.1. The van der Waals surface area contributed by atoms with Gasteiger partial charge >= 0.3 is 0 Å². The molecule has 2 N–H and O–H groups in total. The van der Waals surface area contributed by atoms with E-state index < -0.39 is 0 Å². The van der Waals surface area contributed by atoms with Gasteiger partial charge in [-0.25, -0.2) is 4.39 Å². The zero-order valence-electron chi connectivity index (χ0n) is 15.7. The van der Waals surface area contributed by atoms with E-state index in [4.69, 9.17) is 4.52 Å². The van der Waals surface area contributed by atoms with E-state index in [1.807, 2.05) is 20.8 Å². The van der Waals surface area contributed by atoms with Crippen LogP contribution < -0.4 is 5.32 Å². The Morgan fingerprint density at radius 3 is 2.54 bits per heavy atom. The maximum atomic E-state index is 13.8. The van der Waals surface area contributed by atoms with E-state index in [1.54, 1.807) is 36.4 Å². The number of halogens is 1. The Morgan fingerprint density at radius 2 is 1.89 bits per heavy atom. The van der Waals surface area contributed by atoms with Crippen LogP contribution in [-0.4, -0.2) is 21.0 Å². The fourth-order valence-corrected chi connectivity index (χ4v) is 2.79. The van der Waals surface area contributed by atoms with Crippen molar-refractivity contribution >= 4 is 22.5 Å². The Labute approximate surface area is 160 Å². The molecule has 0 aliphatic heterocycles. The summed E-state index contributed by atoms with van der Waals surface area (Å²) >= 11 is 0. The van der Waals surface area contributed by atoms with Crippen molar-refractivity contribution in [1.82, 2.24) is 15.1 Å². The lowest BCUT2D eigenvalue weighted by Gasteiger charge is -2.10. The standard InChI is InChI=1S/C21H19FN4O2/c1-21(2,3)20-25-18(26-28-20)12-7-9-13(10-8-12)23-19(27)17-11-14-15(22)5-4-6-16(14)24-17/h4-11,24H,1-3H3,(H,23,27). The van der Waals surface area contributed by atoms with Crippen LogP contribution in [0.2, 0.25) is 0 Å². The lowest BCUT2D eigenvalue weighted by molar-refractivity contribution is 0.102. The molecule has 1 amide bonds. The van der Waals surface area contributed by atoms with Gasteiger partial charge in [-0.1, -0.05) is 32.0 Å². The first-order valence-electron chi connectivity index (χ1n) is 8.84. The van der Waals surface area contributed by atoms with Gasteiger partial charge in [0.1, 0.15) is 11.5 Å². The molecular weight excluding hydrogens is 359 g/mol. The molecule has 0 spiro atoms. The lowest BCUT2D eigenvalue weighted by atomic mass is 9.97. The van der Waals surface area contributed by atoms with Gasteiger partial charge in [0.2, 0.25) is 11.7 Å². The van der Waals surface area contributed by atoms with E-state index in [2.05, 4.69) is 20.4 Å². The number of carbonyl (C=O) groups excluding carboxylic acids is 1. The molecule has 2 aromatic carbocycles. The highest BCUT2D eigenvalue weighted by Gasteiger charge is 2.22. The van der Waals surface area contributed by atoms with Crippen molar-refractivity contribution in [1.29, 1.82) is 0 Å². The van der Waals surface area contributed by atoms with E-state index in [9.17, 15) is 9.18 Å². The minimum atomic E-state index is -0.369. The summed E-state index contributed by atoms with van der Waals surface area (Å²) in [5.74, 6) is 0.338. The Hall–Kier alpha value is -3.48. The monoisotopic (exact) mass is 378 g/mol. The molecule has 0 aliphatic rings. The summed E-state index contributed by atoms with van der Waals surface area (Å²) in [6.07, 6.45) is 0. The molecule has 0 radical (unpaired) electrons. The molecule has 4 rings (SSSR count). The summed E-state index contributed by atoms with van der Waals surface area (Å²) in [6, 6.07) is 13.3. The molecule has 142 valence electrons. The molecule has 0 fully saturated rings. The van der Waals surface area contributed by atoms with Crippen molar-refractivity contribution < 1.29 is 13.7 Å². The highest BCUT2D eigenvalue weighted by molar-refractivity contribution is 6.06. The van der Waals surface area contributed by atoms with E-state index >= 15 is 0 Å². The molecule has 0 saturated heterocycles. The minimum Gasteiger partial charge on any atom is -0.350 e. The SMILES string of the molecule is CC(C)(C)c1nc(-c2ccc(NC(=O)c3cc4c(F)cccc4[nH]3)cc2)no1. The summed E-state index contributed by atoms with van der Waals surface area (Å²) in [5, 5.41) is 7.18. The number of amides is 1. The zero-order valence-corrected chi connectivity index (χ0v) is 15.7. The van der Waals surface area contributed by atoms with Gasteiger partial charge in [-0.15, -0.1) is 0 Å². The number of hydrogen-bond acceptors (Lipinski definition) is 4. The van der Waals surface area contributed by atoms with Gasteiger partial charge in [0.15, 0.2) is 0 Å². The maximum Gasteiger partial charge on any atom is 0.272 e. The van der Waals surface area contributed by atoms with Crippen LogP contribution in [0.1, 0.15) is 37.2 Å². The Kier molecular flexibility index (Phi) is 4.22. The van der Waals surface area contributed by atoms with E-state index in [-0.39, 0.29) is 22.8 Å². The third kappa shape index (κ3) is 3.38. The topological polar surface area (TPSA) is 83.8 Å². The van der Waals surface area contributed by atoms with Crippen molar-refractivity contribution in [3.8, 4) is 11.4 Å². The summed E-state index contributed by atoms with van der Waals surface area (Å²) in [5.41, 5.74) is 2.03. The van der Waals surface area contributed by atoms with Gasteiger partial charge in [-0.2, -0.15) is 4.98 Å².